The molecule has 0 aliphatic heterocycles. The number of nitrogens with zero attached hydrogens (tertiary/aromatic N) is 2. The Morgan fingerprint density at radius 2 is 1.79 bits per heavy atom. The van der Waals surface area contributed by atoms with Crippen molar-refractivity contribution < 1.29 is 14.6 Å². The summed E-state index contributed by atoms with van der Waals surface area (Å²) < 4.78 is 0. The molecule has 0 spiro atoms. The van der Waals surface area contributed by atoms with Crippen LogP contribution in [0.25, 0.3) is 0 Å². The number of carbonyl (C=O) groups excluding carboxylic acids is 1. The molecule has 1 rings (SSSR count). The average molecular weight is 223 g/mol. The molecular formula is C6H7ClN2O5. The van der Waals surface area contributed by atoms with Gasteiger partial charge in [-0.15, -0.1) is 11.6 Å². The van der Waals surface area contributed by atoms with Crippen molar-refractivity contribution in [2.45, 2.75) is 18.5 Å². The summed E-state index contributed by atoms with van der Waals surface area (Å²) in [6, 6.07) is 0. The maximum Gasteiger partial charge on any atom is 0.459 e. The average Bonchev–Trinajstić information content (AvgIpc) is 2.00. The van der Waals surface area contributed by atoms with Crippen LogP contribution in [0.3, 0.4) is 0 Å². The minimum absolute atomic E-state index is 0.254. The second-order valence-corrected chi connectivity index (χ2v) is 3.47. The quantitative estimate of drug-likeness (QED) is 0.297. The van der Waals surface area contributed by atoms with Crippen molar-refractivity contribution in [3.63, 3.8) is 0 Å². The first kappa shape index (κ1) is 10.8. The second-order valence-electron chi connectivity index (χ2n) is 3.20. The number of rotatable bonds is 4. The summed E-state index contributed by atoms with van der Waals surface area (Å²) in [5.74, 6) is -1.26. The Labute approximate surface area is 83.3 Å². The first-order valence-corrected chi connectivity index (χ1v) is 4.35. The van der Waals surface area contributed by atoms with Crippen LogP contribution < -0.4 is 0 Å². The van der Waals surface area contributed by atoms with Crippen molar-refractivity contribution in [2.75, 3.05) is 5.88 Å². The Kier molecular flexibility index (Phi) is 2.70. The number of hydrogen-bond acceptors (Lipinski definition) is 5. The Hall–Kier alpha value is -1.24. The fourth-order valence-corrected chi connectivity index (χ4v) is 1.65. The normalized spacial score (nSPS) is 19.8. The summed E-state index contributed by atoms with van der Waals surface area (Å²) in [4.78, 5) is 29.9. The van der Waals surface area contributed by atoms with Crippen LogP contribution in [-0.4, -0.2) is 27.2 Å². The van der Waals surface area contributed by atoms with Gasteiger partial charge in [0.2, 0.25) is 0 Å². The lowest BCUT2D eigenvalue weighted by molar-refractivity contribution is -0.813. The van der Waals surface area contributed by atoms with E-state index in [4.69, 9.17) is 11.6 Å². The van der Waals surface area contributed by atoms with Crippen molar-refractivity contribution in [2.24, 2.45) is 5.92 Å². The minimum Gasteiger partial charge on any atom is -0.298 e. The monoisotopic (exact) mass is 222 g/mol. The van der Waals surface area contributed by atoms with E-state index in [0.717, 1.165) is 0 Å². The number of hydrogen-bond donors (Lipinski definition) is 0. The third kappa shape index (κ3) is 1.43. The smallest absolute Gasteiger partial charge is 0.298 e. The molecule has 0 atom stereocenters. The highest BCUT2D eigenvalue weighted by Gasteiger charge is 2.67. The van der Waals surface area contributed by atoms with Crippen LogP contribution in [0.15, 0.2) is 0 Å². The zero-order valence-electron chi connectivity index (χ0n) is 7.01. The topological polar surface area (TPSA) is 103 Å². The van der Waals surface area contributed by atoms with Gasteiger partial charge in [-0.1, -0.05) is 0 Å². The molecule has 0 radical (unpaired) electrons. The summed E-state index contributed by atoms with van der Waals surface area (Å²) in [6.45, 7) is 0. The Morgan fingerprint density at radius 3 is 2.07 bits per heavy atom. The van der Waals surface area contributed by atoms with Crippen LogP contribution in [0, 0.1) is 26.1 Å². The lowest BCUT2D eigenvalue weighted by Gasteiger charge is -2.31. The van der Waals surface area contributed by atoms with E-state index < -0.39 is 21.4 Å². The number of Topliss-reactive ketones (excluding diaryl/α,β-unsaturated/α-hetero) is 1. The Balaban J connectivity index is 2.70. The molecule has 0 bridgehead atoms. The Bertz CT molecular complexity index is 283. The number of ketones is 1. The molecule has 0 aromatic rings. The molecule has 14 heavy (non-hydrogen) atoms. The molecular weight excluding hydrogens is 216 g/mol. The van der Waals surface area contributed by atoms with E-state index in [-0.39, 0.29) is 24.5 Å². The number of alkyl halides is 1. The van der Waals surface area contributed by atoms with E-state index >= 15 is 0 Å². The summed E-state index contributed by atoms with van der Waals surface area (Å²) >= 11 is 5.22. The van der Waals surface area contributed by atoms with Crippen molar-refractivity contribution in [1.29, 1.82) is 0 Å². The first-order valence-electron chi connectivity index (χ1n) is 3.81. The van der Waals surface area contributed by atoms with E-state index in [1.165, 1.54) is 0 Å². The van der Waals surface area contributed by atoms with E-state index in [2.05, 4.69) is 0 Å². The van der Waals surface area contributed by atoms with Gasteiger partial charge in [-0.3, -0.25) is 25.0 Å². The van der Waals surface area contributed by atoms with Crippen LogP contribution in [0.5, 0.6) is 0 Å². The third-order valence-electron chi connectivity index (χ3n) is 2.41. The number of nitro groups is 2. The first-order chi connectivity index (χ1) is 6.44. The maximum atomic E-state index is 10.9. The highest BCUT2D eigenvalue weighted by atomic mass is 35.5. The van der Waals surface area contributed by atoms with E-state index in [0.29, 0.717) is 0 Å². The van der Waals surface area contributed by atoms with Gasteiger partial charge in [0.25, 0.3) is 0 Å². The minimum atomic E-state index is -2.16. The number of halogens is 1. The SMILES string of the molecule is O=C(CCl)C1CC([N+](=O)[O-])([N+](=O)[O-])C1. The molecule has 7 nitrogen and oxygen atoms in total. The molecule has 78 valence electrons. The fraction of sp³-hybridized carbons (Fsp3) is 0.833. The van der Waals surface area contributed by atoms with Crippen molar-refractivity contribution >= 4 is 17.4 Å². The zero-order valence-corrected chi connectivity index (χ0v) is 7.77. The predicted octanol–water partition coefficient (Wildman–Crippen LogP) is 0.454. The largest absolute Gasteiger partial charge is 0.459 e. The molecule has 0 N–H and O–H groups in total. The van der Waals surface area contributed by atoms with Gasteiger partial charge in [-0.25, -0.2) is 0 Å². The second kappa shape index (κ2) is 3.49. The van der Waals surface area contributed by atoms with Crippen LogP contribution in [-0.2, 0) is 4.79 Å². The molecule has 1 fully saturated rings. The van der Waals surface area contributed by atoms with Crippen LogP contribution in [0.4, 0.5) is 0 Å². The summed E-state index contributed by atoms with van der Waals surface area (Å²) in [5.41, 5.74) is -2.16. The molecule has 0 aromatic heterocycles. The molecule has 1 aliphatic rings. The van der Waals surface area contributed by atoms with Crippen LogP contribution in [0.2, 0.25) is 0 Å². The highest BCUT2D eigenvalue weighted by Crippen LogP contribution is 2.41. The van der Waals surface area contributed by atoms with Gasteiger partial charge in [-0.05, 0) is 0 Å². The van der Waals surface area contributed by atoms with Gasteiger partial charge in [-0.2, -0.15) is 0 Å². The number of carbonyl (C=O) groups is 1. The fourth-order valence-electron chi connectivity index (χ4n) is 1.43. The molecule has 0 amide bonds. The lowest BCUT2D eigenvalue weighted by atomic mass is 9.73. The molecule has 0 heterocycles. The molecule has 8 heteroatoms. The molecule has 0 unspecified atom stereocenters. The van der Waals surface area contributed by atoms with Crippen molar-refractivity contribution in [3.05, 3.63) is 20.2 Å². The van der Waals surface area contributed by atoms with Gasteiger partial charge in [0.15, 0.2) is 5.78 Å². The van der Waals surface area contributed by atoms with E-state index in [9.17, 15) is 25.0 Å². The van der Waals surface area contributed by atoms with Crippen LogP contribution >= 0.6 is 11.6 Å². The highest BCUT2D eigenvalue weighted by molar-refractivity contribution is 6.28. The van der Waals surface area contributed by atoms with Gasteiger partial charge in [0.05, 0.1) is 28.6 Å². The summed E-state index contributed by atoms with van der Waals surface area (Å²) in [6.07, 6.45) is -0.697. The third-order valence-corrected chi connectivity index (χ3v) is 2.68. The van der Waals surface area contributed by atoms with Gasteiger partial charge >= 0.3 is 5.66 Å². The van der Waals surface area contributed by atoms with Crippen molar-refractivity contribution in [1.82, 2.24) is 0 Å². The van der Waals surface area contributed by atoms with Gasteiger partial charge < -0.3 is 0 Å². The molecule has 0 saturated heterocycles. The molecule has 1 saturated carbocycles. The summed E-state index contributed by atoms with van der Waals surface area (Å²) in [7, 11) is 0. The zero-order chi connectivity index (χ0) is 10.9. The van der Waals surface area contributed by atoms with E-state index in [1.807, 2.05) is 0 Å². The Morgan fingerprint density at radius 1 is 1.36 bits per heavy atom. The predicted molar refractivity (Wildman–Crippen MR) is 45.2 cm³/mol. The maximum absolute atomic E-state index is 10.9. The van der Waals surface area contributed by atoms with Gasteiger partial charge in [0.1, 0.15) is 0 Å². The standard InChI is InChI=1S/C6H7ClN2O5/c7-3-5(10)4-1-6(2-4,8(11)12)9(13)14/h4H,1-3H2. The van der Waals surface area contributed by atoms with Crippen LogP contribution in [0.1, 0.15) is 12.8 Å². The van der Waals surface area contributed by atoms with Crippen molar-refractivity contribution in [3.8, 4) is 0 Å². The molecule has 0 aromatic carbocycles. The summed E-state index contributed by atoms with van der Waals surface area (Å²) in [5, 5.41) is 20.8. The van der Waals surface area contributed by atoms with Gasteiger partial charge in [0, 0.05) is 5.92 Å². The lowest BCUT2D eigenvalue weighted by Crippen LogP contribution is -2.58. The molecule has 1 aliphatic carbocycles. The van der Waals surface area contributed by atoms with E-state index in [1.54, 1.807) is 0 Å².